The summed E-state index contributed by atoms with van der Waals surface area (Å²) in [5.41, 5.74) is 4.50. The second-order valence-electron chi connectivity index (χ2n) is 5.42. The third kappa shape index (κ3) is 4.37. The van der Waals surface area contributed by atoms with Crippen LogP contribution in [-0.4, -0.2) is 24.4 Å². The second-order valence-corrected chi connectivity index (χ2v) is 5.42. The lowest BCUT2D eigenvalue weighted by Crippen LogP contribution is -2.43. The van der Waals surface area contributed by atoms with Crippen LogP contribution < -0.4 is 16.3 Å². The molecule has 0 radical (unpaired) electrons. The first kappa shape index (κ1) is 17.9. The van der Waals surface area contributed by atoms with E-state index in [-0.39, 0.29) is 11.3 Å². The molecule has 0 aliphatic rings. The van der Waals surface area contributed by atoms with Gasteiger partial charge in [0.2, 0.25) is 5.76 Å². The number of hydrogen-bond donors (Lipinski definition) is 2. The Kier molecular flexibility index (Phi) is 5.27. The van der Waals surface area contributed by atoms with Gasteiger partial charge >= 0.3 is 5.97 Å². The molecule has 1 heterocycles. The Bertz CT molecular complexity index is 1060. The highest BCUT2D eigenvalue weighted by Crippen LogP contribution is 2.12. The Hall–Kier alpha value is -3.94. The molecular weight excluding hydrogens is 352 g/mol. The summed E-state index contributed by atoms with van der Waals surface area (Å²) in [5.74, 6) is -2.56. The Labute approximate surface area is 152 Å². The van der Waals surface area contributed by atoms with Gasteiger partial charge in [0.1, 0.15) is 5.58 Å². The number of hydrogen-bond acceptors (Lipinski definition) is 6. The van der Waals surface area contributed by atoms with Gasteiger partial charge in [0.15, 0.2) is 12.0 Å². The van der Waals surface area contributed by atoms with E-state index in [0.717, 1.165) is 6.07 Å². The number of amides is 2. The normalized spacial score (nSPS) is 10.2. The van der Waals surface area contributed by atoms with Crippen LogP contribution in [0.5, 0.6) is 0 Å². The summed E-state index contributed by atoms with van der Waals surface area (Å²) in [5, 5.41) is 0.329. The molecule has 3 rings (SSSR count). The molecule has 2 N–H and O–H groups in total. The topological polar surface area (TPSA) is 115 Å². The molecule has 0 unspecified atom stereocenters. The number of fused-ring (bicyclic) bond motifs is 1. The van der Waals surface area contributed by atoms with Crippen molar-refractivity contribution in [2.45, 2.75) is 0 Å². The third-order valence-electron chi connectivity index (χ3n) is 3.52. The van der Waals surface area contributed by atoms with Crippen molar-refractivity contribution in [1.82, 2.24) is 10.9 Å². The SMILES string of the molecule is O=C(COC(=O)c1cc(=O)c2ccccc2o1)NNC(=O)c1ccccc1. The number of ether oxygens (including phenoxy) is 1. The highest BCUT2D eigenvalue weighted by Gasteiger charge is 2.15. The predicted octanol–water partition coefficient (Wildman–Crippen LogP) is 1.41. The summed E-state index contributed by atoms with van der Waals surface area (Å²) in [7, 11) is 0. The zero-order valence-electron chi connectivity index (χ0n) is 13.9. The maximum atomic E-state index is 12.0. The molecule has 3 aromatic rings. The average Bonchev–Trinajstić information content (AvgIpc) is 2.70. The number of benzene rings is 2. The van der Waals surface area contributed by atoms with Gasteiger partial charge in [0, 0.05) is 11.6 Å². The van der Waals surface area contributed by atoms with Gasteiger partial charge in [-0.1, -0.05) is 30.3 Å². The standard InChI is InChI=1S/C19H14N2O6/c22-14-10-16(27-15-9-5-4-8-13(14)15)19(25)26-11-17(23)20-21-18(24)12-6-2-1-3-7-12/h1-10H,11H2,(H,20,23)(H,21,24). The molecule has 0 saturated heterocycles. The largest absolute Gasteiger partial charge is 0.450 e. The van der Waals surface area contributed by atoms with E-state index in [2.05, 4.69) is 10.9 Å². The smallest absolute Gasteiger partial charge is 0.374 e. The molecule has 0 saturated carbocycles. The first-order valence-electron chi connectivity index (χ1n) is 7.89. The Morgan fingerprint density at radius 1 is 0.926 bits per heavy atom. The van der Waals surface area contributed by atoms with Gasteiger partial charge < -0.3 is 9.15 Å². The summed E-state index contributed by atoms with van der Waals surface area (Å²) < 4.78 is 10.1. The summed E-state index contributed by atoms with van der Waals surface area (Å²) in [6, 6.07) is 15.7. The molecule has 0 aliphatic carbocycles. The number of carbonyl (C=O) groups excluding carboxylic acids is 3. The Morgan fingerprint density at radius 3 is 2.41 bits per heavy atom. The molecule has 0 bridgehead atoms. The monoisotopic (exact) mass is 366 g/mol. The molecule has 2 aromatic carbocycles. The van der Waals surface area contributed by atoms with E-state index in [4.69, 9.17) is 9.15 Å². The van der Waals surface area contributed by atoms with E-state index in [1.54, 1.807) is 54.6 Å². The fourth-order valence-electron chi connectivity index (χ4n) is 2.23. The van der Waals surface area contributed by atoms with Crippen LogP contribution in [0.1, 0.15) is 20.9 Å². The number of carbonyl (C=O) groups is 3. The van der Waals surface area contributed by atoms with E-state index in [1.165, 1.54) is 0 Å². The van der Waals surface area contributed by atoms with Crippen molar-refractivity contribution in [3.8, 4) is 0 Å². The quantitative estimate of drug-likeness (QED) is 0.533. The van der Waals surface area contributed by atoms with Crippen LogP contribution in [0.15, 0.2) is 69.9 Å². The summed E-state index contributed by atoms with van der Waals surface area (Å²) in [6.45, 7) is -0.662. The molecular formula is C19H14N2O6. The maximum absolute atomic E-state index is 12.0. The minimum Gasteiger partial charge on any atom is -0.450 e. The van der Waals surface area contributed by atoms with Gasteiger partial charge in [-0.25, -0.2) is 4.79 Å². The summed E-state index contributed by atoms with van der Waals surface area (Å²) in [4.78, 5) is 47.4. The van der Waals surface area contributed by atoms with Crippen LogP contribution >= 0.6 is 0 Å². The highest BCUT2D eigenvalue weighted by molar-refractivity contribution is 5.96. The number of rotatable bonds is 4. The average molecular weight is 366 g/mol. The Balaban J connectivity index is 1.55. The van der Waals surface area contributed by atoms with Crippen molar-refractivity contribution in [3.05, 3.63) is 82.2 Å². The van der Waals surface area contributed by atoms with Crippen LogP contribution in [0.25, 0.3) is 11.0 Å². The number of hydrazine groups is 1. The van der Waals surface area contributed by atoms with Gasteiger partial charge in [0.05, 0.1) is 5.39 Å². The van der Waals surface area contributed by atoms with E-state index >= 15 is 0 Å². The van der Waals surface area contributed by atoms with Crippen LogP contribution in [-0.2, 0) is 9.53 Å². The van der Waals surface area contributed by atoms with E-state index < -0.39 is 29.8 Å². The van der Waals surface area contributed by atoms with Gasteiger partial charge in [-0.15, -0.1) is 0 Å². The van der Waals surface area contributed by atoms with Crippen molar-refractivity contribution in [2.24, 2.45) is 0 Å². The summed E-state index contributed by atoms with van der Waals surface area (Å²) in [6.07, 6.45) is 0. The number of nitrogens with one attached hydrogen (secondary N) is 2. The molecule has 27 heavy (non-hydrogen) atoms. The van der Waals surface area contributed by atoms with Gasteiger partial charge in [-0.2, -0.15) is 0 Å². The third-order valence-corrected chi connectivity index (χ3v) is 3.52. The van der Waals surface area contributed by atoms with Crippen molar-refractivity contribution in [3.63, 3.8) is 0 Å². The Morgan fingerprint density at radius 2 is 1.63 bits per heavy atom. The highest BCUT2D eigenvalue weighted by atomic mass is 16.5. The zero-order chi connectivity index (χ0) is 19.2. The van der Waals surface area contributed by atoms with Crippen LogP contribution in [0, 0.1) is 0 Å². The number of esters is 1. The van der Waals surface area contributed by atoms with E-state index in [1.807, 2.05) is 0 Å². The molecule has 1 aromatic heterocycles. The maximum Gasteiger partial charge on any atom is 0.374 e. The lowest BCUT2D eigenvalue weighted by Gasteiger charge is -2.08. The minimum absolute atomic E-state index is 0.233. The van der Waals surface area contributed by atoms with Gasteiger partial charge in [-0.05, 0) is 24.3 Å². The molecule has 0 fully saturated rings. The lowest BCUT2D eigenvalue weighted by atomic mass is 10.2. The summed E-state index contributed by atoms with van der Waals surface area (Å²) >= 11 is 0. The first-order valence-corrected chi connectivity index (χ1v) is 7.89. The van der Waals surface area contributed by atoms with Gasteiger partial charge in [0.25, 0.3) is 11.8 Å². The zero-order valence-corrected chi connectivity index (χ0v) is 13.9. The predicted molar refractivity (Wildman–Crippen MR) is 94.8 cm³/mol. The van der Waals surface area contributed by atoms with Crippen molar-refractivity contribution < 1.29 is 23.5 Å². The minimum atomic E-state index is -0.970. The van der Waals surface area contributed by atoms with E-state index in [0.29, 0.717) is 10.9 Å². The fourth-order valence-corrected chi connectivity index (χ4v) is 2.23. The molecule has 2 amide bonds. The molecule has 0 spiro atoms. The molecule has 8 nitrogen and oxygen atoms in total. The van der Waals surface area contributed by atoms with Crippen LogP contribution in [0.3, 0.4) is 0 Å². The number of para-hydroxylation sites is 1. The lowest BCUT2D eigenvalue weighted by molar-refractivity contribution is -0.125. The first-order chi connectivity index (χ1) is 13.0. The van der Waals surface area contributed by atoms with Crippen molar-refractivity contribution in [1.29, 1.82) is 0 Å². The van der Waals surface area contributed by atoms with Gasteiger partial charge in [-0.3, -0.25) is 25.2 Å². The molecule has 0 aliphatic heterocycles. The van der Waals surface area contributed by atoms with Crippen molar-refractivity contribution in [2.75, 3.05) is 6.61 Å². The molecule has 136 valence electrons. The molecule has 0 atom stereocenters. The van der Waals surface area contributed by atoms with Crippen LogP contribution in [0.4, 0.5) is 0 Å². The second kappa shape index (κ2) is 7.96. The van der Waals surface area contributed by atoms with Crippen molar-refractivity contribution >= 4 is 28.8 Å². The fraction of sp³-hybridized carbons (Fsp3) is 0.0526. The van der Waals surface area contributed by atoms with E-state index in [9.17, 15) is 19.2 Å². The van der Waals surface area contributed by atoms with Crippen LogP contribution in [0.2, 0.25) is 0 Å². The molecule has 8 heteroatoms.